The van der Waals surface area contributed by atoms with Crippen LogP contribution in [0, 0.1) is 0 Å². The maximum absolute atomic E-state index is 12.6. The molecule has 0 fully saturated rings. The zero-order valence-corrected chi connectivity index (χ0v) is 17.3. The standard InChI is InChI=1S/C17H20BrN3O5S/c1-3-21-11-12(4-7-16(21)22)20-17(23)14-10-13(5-6-15(14)18)27(24,25)19-8-9-26-2/h4-7,10-11,19H,3,8-9H2,1-2H3,(H,20,23). The minimum Gasteiger partial charge on any atom is -0.383 e. The molecule has 146 valence electrons. The molecule has 0 spiro atoms. The number of rotatable bonds is 8. The van der Waals surface area contributed by atoms with Crippen molar-refractivity contribution in [3.63, 3.8) is 0 Å². The molecule has 0 unspecified atom stereocenters. The highest BCUT2D eigenvalue weighted by Gasteiger charge is 2.18. The van der Waals surface area contributed by atoms with Crippen LogP contribution in [-0.4, -0.2) is 39.2 Å². The van der Waals surface area contributed by atoms with Crippen LogP contribution in [0.25, 0.3) is 0 Å². The SMILES string of the molecule is CCn1cc(NC(=O)c2cc(S(=O)(=O)NCCOC)ccc2Br)ccc1=O. The summed E-state index contributed by atoms with van der Waals surface area (Å²) in [6.45, 7) is 2.63. The molecule has 0 aliphatic heterocycles. The molecule has 1 heterocycles. The Morgan fingerprint density at radius 2 is 2.00 bits per heavy atom. The van der Waals surface area contributed by atoms with Crippen LogP contribution in [0.4, 0.5) is 5.69 Å². The first-order valence-electron chi connectivity index (χ1n) is 8.08. The Bertz CT molecular complexity index is 988. The van der Waals surface area contributed by atoms with Crippen LogP contribution in [0.15, 0.2) is 50.7 Å². The van der Waals surface area contributed by atoms with Gasteiger partial charge in [-0.1, -0.05) is 0 Å². The molecule has 10 heteroatoms. The molecule has 0 radical (unpaired) electrons. The monoisotopic (exact) mass is 457 g/mol. The lowest BCUT2D eigenvalue weighted by Gasteiger charge is -2.11. The number of halogens is 1. The quantitative estimate of drug-likeness (QED) is 0.587. The van der Waals surface area contributed by atoms with Gasteiger partial charge in [-0.25, -0.2) is 13.1 Å². The zero-order chi connectivity index (χ0) is 20.0. The maximum atomic E-state index is 12.6. The number of carbonyl (C=O) groups excluding carboxylic acids is 1. The number of sulfonamides is 1. The predicted octanol–water partition coefficient (Wildman–Crippen LogP) is 1.81. The number of ether oxygens (including phenoxy) is 1. The van der Waals surface area contributed by atoms with Gasteiger partial charge in [0.25, 0.3) is 11.5 Å². The van der Waals surface area contributed by atoms with Crippen LogP contribution < -0.4 is 15.6 Å². The average Bonchev–Trinajstić information content (AvgIpc) is 2.63. The molecule has 1 amide bonds. The summed E-state index contributed by atoms with van der Waals surface area (Å²) < 4.78 is 33.8. The molecular weight excluding hydrogens is 438 g/mol. The van der Waals surface area contributed by atoms with Crippen LogP contribution in [0.2, 0.25) is 0 Å². The fourth-order valence-corrected chi connectivity index (χ4v) is 3.72. The second-order valence-electron chi connectivity index (χ2n) is 5.53. The molecule has 1 aromatic heterocycles. The third kappa shape index (κ3) is 5.48. The van der Waals surface area contributed by atoms with Gasteiger partial charge in [0.1, 0.15) is 0 Å². The minimum atomic E-state index is -3.77. The third-order valence-corrected chi connectivity index (χ3v) is 5.82. The van der Waals surface area contributed by atoms with Crippen LogP contribution in [0.3, 0.4) is 0 Å². The Labute approximate surface area is 165 Å². The number of aryl methyl sites for hydroxylation is 1. The van der Waals surface area contributed by atoms with Crippen molar-refractivity contribution in [1.82, 2.24) is 9.29 Å². The van der Waals surface area contributed by atoms with E-state index in [1.807, 2.05) is 6.92 Å². The van der Waals surface area contributed by atoms with E-state index in [9.17, 15) is 18.0 Å². The number of benzene rings is 1. The van der Waals surface area contributed by atoms with Crippen molar-refractivity contribution in [3.8, 4) is 0 Å². The van der Waals surface area contributed by atoms with Crippen molar-refractivity contribution in [3.05, 3.63) is 56.9 Å². The van der Waals surface area contributed by atoms with Gasteiger partial charge < -0.3 is 14.6 Å². The van der Waals surface area contributed by atoms with E-state index in [0.29, 0.717) is 16.7 Å². The topological polar surface area (TPSA) is 106 Å². The summed E-state index contributed by atoms with van der Waals surface area (Å²) in [6.07, 6.45) is 1.53. The van der Waals surface area contributed by atoms with Crippen molar-refractivity contribution in [2.75, 3.05) is 25.6 Å². The number of aromatic nitrogens is 1. The number of anilines is 1. The summed E-state index contributed by atoms with van der Waals surface area (Å²) in [7, 11) is -2.30. The van der Waals surface area contributed by atoms with Crippen molar-refractivity contribution in [1.29, 1.82) is 0 Å². The lowest BCUT2D eigenvalue weighted by atomic mass is 10.2. The molecule has 2 aromatic rings. The predicted molar refractivity (Wildman–Crippen MR) is 106 cm³/mol. The zero-order valence-electron chi connectivity index (χ0n) is 14.9. The molecule has 1 aromatic carbocycles. The molecule has 0 aliphatic carbocycles. The van der Waals surface area contributed by atoms with E-state index in [-0.39, 0.29) is 29.2 Å². The largest absolute Gasteiger partial charge is 0.383 e. The number of methoxy groups -OCH3 is 1. The number of amides is 1. The van der Waals surface area contributed by atoms with Gasteiger partial charge in [-0.3, -0.25) is 9.59 Å². The summed E-state index contributed by atoms with van der Waals surface area (Å²) in [5.41, 5.74) is 0.408. The Morgan fingerprint density at radius 1 is 1.26 bits per heavy atom. The van der Waals surface area contributed by atoms with Crippen LogP contribution in [0.5, 0.6) is 0 Å². The number of carbonyl (C=O) groups is 1. The van der Waals surface area contributed by atoms with Gasteiger partial charge in [-0.05, 0) is 47.1 Å². The molecular formula is C17H20BrN3O5S. The summed E-state index contributed by atoms with van der Waals surface area (Å²) in [6, 6.07) is 7.02. The van der Waals surface area contributed by atoms with Gasteiger partial charge in [0.15, 0.2) is 0 Å². The highest BCUT2D eigenvalue weighted by atomic mass is 79.9. The Balaban J connectivity index is 2.27. The van der Waals surface area contributed by atoms with Crippen LogP contribution in [0.1, 0.15) is 17.3 Å². The van der Waals surface area contributed by atoms with E-state index < -0.39 is 15.9 Å². The van der Waals surface area contributed by atoms with Crippen molar-refractivity contribution >= 4 is 37.5 Å². The summed E-state index contributed by atoms with van der Waals surface area (Å²) in [5.74, 6) is -0.503. The molecule has 27 heavy (non-hydrogen) atoms. The van der Waals surface area contributed by atoms with E-state index >= 15 is 0 Å². The number of nitrogens with one attached hydrogen (secondary N) is 2. The van der Waals surface area contributed by atoms with Crippen LogP contribution >= 0.6 is 15.9 Å². The Hall–Kier alpha value is -2.01. The molecule has 0 saturated carbocycles. The smallest absolute Gasteiger partial charge is 0.256 e. The normalized spacial score (nSPS) is 11.4. The van der Waals surface area contributed by atoms with Gasteiger partial charge in [0.05, 0.1) is 22.8 Å². The fourth-order valence-electron chi connectivity index (χ4n) is 2.26. The third-order valence-electron chi connectivity index (χ3n) is 3.67. The second kappa shape index (κ2) is 9.27. The Kier molecular flexibility index (Phi) is 7.31. The highest BCUT2D eigenvalue weighted by Crippen LogP contribution is 2.22. The van der Waals surface area contributed by atoms with Crippen molar-refractivity contribution in [2.24, 2.45) is 0 Å². The minimum absolute atomic E-state index is 0.0366. The second-order valence-corrected chi connectivity index (χ2v) is 8.15. The van der Waals surface area contributed by atoms with Gasteiger partial charge >= 0.3 is 0 Å². The first kappa shape index (κ1) is 21.3. The number of nitrogens with zero attached hydrogens (tertiary/aromatic N) is 1. The molecule has 0 aliphatic rings. The maximum Gasteiger partial charge on any atom is 0.256 e. The van der Waals surface area contributed by atoms with E-state index in [2.05, 4.69) is 26.0 Å². The van der Waals surface area contributed by atoms with Crippen LogP contribution in [-0.2, 0) is 21.3 Å². The van der Waals surface area contributed by atoms with E-state index in [1.54, 1.807) is 0 Å². The first-order valence-corrected chi connectivity index (χ1v) is 10.4. The Morgan fingerprint density at radius 3 is 2.67 bits per heavy atom. The van der Waals surface area contributed by atoms with Gasteiger partial charge in [0, 0.05) is 36.9 Å². The van der Waals surface area contributed by atoms with Gasteiger partial charge in [-0.2, -0.15) is 0 Å². The number of hydrogen-bond donors (Lipinski definition) is 2. The molecule has 2 N–H and O–H groups in total. The fraction of sp³-hybridized carbons (Fsp3) is 0.294. The number of pyridine rings is 1. The molecule has 8 nitrogen and oxygen atoms in total. The van der Waals surface area contributed by atoms with E-state index in [1.165, 1.54) is 48.2 Å². The van der Waals surface area contributed by atoms with Gasteiger partial charge in [-0.15, -0.1) is 0 Å². The highest BCUT2D eigenvalue weighted by molar-refractivity contribution is 9.10. The lowest BCUT2D eigenvalue weighted by molar-refractivity contribution is 0.102. The molecule has 0 atom stereocenters. The molecule has 2 rings (SSSR count). The van der Waals surface area contributed by atoms with E-state index in [0.717, 1.165) is 0 Å². The summed E-state index contributed by atoms with van der Waals surface area (Å²) in [4.78, 5) is 24.2. The first-order chi connectivity index (χ1) is 12.8. The average molecular weight is 458 g/mol. The molecule has 0 saturated heterocycles. The van der Waals surface area contributed by atoms with Crippen molar-refractivity contribution < 1.29 is 17.9 Å². The van der Waals surface area contributed by atoms with Crippen molar-refractivity contribution in [2.45, 2.75) is 18.4 Å². The molecule has 0 bridgehead atoms. The summed E-state index contributed by atoms with van der Waals surface area (Å²) >= 11 is 3.26. The van der Waals surface area contributed by atoms with Gasteiger partial charge in [0.2, 0.25) is 10.0 Å². The lowest BCUT2D eigenvalue weighted by Crippen LogP contribution is -2.27. The van der Waals surface area contributed by atoms with E-state index in [4.69, 9.17) is 4.74 Å². The number of hydrogen-bond acceptors (Lipinski definition) is 5. The summed E-state index contributed by atoms with van der Waals surface area (Å²) in [5, 5.41) is 2.67.